The van der Waals surface area contributed by atoms with Gasteiger partial charge in [-0.2, -0.15) is 0 Å². The molecule has 0 spiro atoms. The second kappa shape index (κ2) is 11.3. The van der Waals surface area contributed by atoms with E-state index in [0.29, 0.717) is 0 Å². The van der Waals surface area contributed by atoms with Crippen LogP contribution in [0, 0.1) is 0 Å². The van der Waals surface area contributed by atoms with Gasteiger partial charge >= 0.3 is 0 Å². The molecule has 1 heterocycles. The first-order chi connectivity index (χ1) is 22.1. The topological polar surface area (TPSA) is 4.93 Å². The Kier molecular flexibility index (Phi) is 7.37. The van der Waals surface area contributed by atoms with Crippen molar-refractivity contribution in [3.05, 3.63) is 157 Å². The lowest BCUT2D eigenvalue weighted by molar-refractivity contribution is 0.590. The number of hydrogen-bond donors (Lipinski definition) is 0. The molecule has 0 aliphatic rings. The Labute approximate surface area is 275 Å². The van der Waals surface area contributed by atoms with Gasteiger partial charge in [0.2, 0.25) is 0 Å². The molecule has 228 valence electrons. The minimum Gasteiger partial charge on any atom is -0.309 e. The molecule has 7 aromatic rings. The van der Waals surface area contributed by atoms with Crippen molar-refractivity contribution in [3.63, 3.8) is 0 Å². The second-order valence-electron chi connectivity index (χ2n) is 14.7. The lowest BCUT2D eigenvalue weighted by Gasteiger charge is -2.44. The van der Waals surface area contributed by atoms with Crippen molar-refractivity contribution < 1.29 is 0 Å². The molecular weight excluding hydrogens is 571 g/mol. The van der Waals surface area contributed by atoms with Crippen LogP contribution in [0.1, 0.15) is 47.1 Å². The second-order valence-corrected chi connectivity index (χ2v) is 19.4. The number of aromatic nitrogens is 1. The van der Waals surface area contributed by atoms with E-state index in [9.17, 15) is 0 Å². The number of nitrogens with zero attached hydrogens (tertiary/aromatic N) is 1. The SMILES string of the molecule is CC(C)(C)c1cccc(-n2c3ccccc3c3cc(-c4ccc([Si](c5ccccc5)(c5ccccc5)C(C)(C)C)cc4)ccc32)c1. The summed E-state index contributed by atoms with van der Waals surface area (Å²) in [7, 11) is -2.39. The van der Waals surface area contributed by atoms with Gasteiger partial charge in [0, 0.05) is 16.5 Å². The Morgan fingerprint density at radius 1 is 0.435 bits per heavy atom. The summed E-state index contributed by atoms with van der Waals surface area (Å²) in [5.74, 6) is 0. The van der Waals surface area contributed by atoms with E-state index in [0.717, 1.165) is 0 Å². The highest BCUT2D eigenvalue weighted by atomic mass is 28.3. The highest BCUT2D eigenvalue weighted by Gasteiger charge is 2.49. The van der Waals surface area contributed by atoms with E-state index < -0.39 is 8.07 Å². The number of hydrogen-bond acceptors (Lipinski definition) is 0. The van der Waals surface area contributed by atoms with E-state index in [1.807, 2.05) is 0 Å². The Hall–Kier alpha value is -4.66. The molecular formula is C44H43NSi. The van der Waals surface area contributed by atoms with Gasteiger partial charge in [-0.25, -0.2) is 0 Å². The number of para-hydroxylation sites is 1. The zero-order valence-corrected chi connectivity index (χ0v) is 28.9. The Bertz CT molecular complexity index is 2100. The van der Waals surface area contributed by atoms with E-state index >= 15 is 0 Å². The van der Waals surface area contributed by atoms with Crippen molar-refractivity contribution in [2.24, 2.45) is 0 Å². The van der Waals surface area contributed by atoms with Crippen molar-refractivity contribution in [2.45, 2.75) is 52.0 Å². The fourth-order valence-electron chi connectivity index (χ4n) is 7.63. The van der Waals surface area contributed by atoms with Crippen LogP contribution in [0.3, 0.4) is 0 Å². The summed E-state index contributed by atoms with van der Waals surface area (Å²) in [5, 5.41) is 6.96. The summed E-state index contributed by atoms with van der Waals surface area (Å²) < 4.78 is 2.43. The van der Waals surface area contributed by atoms with Crippen molar-refractivity contribution in [1.82, 2.24) is 4.57 Å². The summed E-state index contributed by atoms with van der Waals surface area (Å²) in [6.07, 6.45) is 0. The van der Waals surface area contributed by atoms with Crippen LogP contribution >= 0.6 is 0 Å². The monoisotopic (exact) mass is 613 g/mol. The largest absolute Gasteiger partial charge is 0.309 e. The zero-order chi connectivity index (χ0) is 32.1. The molecule has 0 saturated carbocycles. The molecule has 0 fully saturated rings. The minimum absolute atomic E-state index is 0.0578. The maximum atomic E-state index is 2.43. The zero-order valence-electron chi connectivity index (χ0n) is 27.9. The standard InChI is InChI=1S/C44H43NSi/c1-43(2,3)34-16-15-17-35(31-34)45-41-23-14-13-22-39(41)40-30-33(26-29-42(40)45)32-24-27-38(28-25-32)46(44(4,5)6,36-18-9-7-10-19-36)37-20-11-8-12-21-37/h7-31H,1-6H3. The van der Waals surface area contributed by atoms with Crippen LogP contribution in [0.15, 0.2) is 152 Å². The third kappa shape index (κ3) is 4.93. The van der Waals surface area contributed by atoms with Crippen molar-refractivity contribution in [2.75, 3.05) is 0 Å². The third-order valence-corrected chi connectivity index (χ3v) is 15.7. The van der Waals surface area contributed by atoms with Crippen LogP contribution in [0.5, 0.6) is 0 Å². The van der Waals surface area contributed by atoms with Crippen LogP contribution in [-0.4, -0.2) is 12.6 Å². The van der Waals surface area contributed by atoms with Gasteiger partial charge in [0.15, 0.2) is 8.07 Å². The molecule has 1 aromatic heterocycles. The molecule has 46 heavy (non-hydrogen) atoms. The highest BCUT2D eigenvalue weighted by molar-refractivity contribution is 7.13. The molecule has 0 aliphatic heterocycles. The molecule has 7 rings (SSSR count). The summed E-state index contributed by atoms with van der Waals surface area (Å²) in [6.45, 7) is 14.1. The molecule has 0 N–H and O–H groups in total. The summed E-state index contributed by atoms with van der Waals surface area (Å²) in [4.78, 5) is 0. The molecule has 6 aromatic carbocycles. The van der Waals surface area contributed by atoms with Crippen LogP contribution in [0.25, 0.3) is 38.6 Å². The Balaban J connectivity index is 1.37. The van der Waals surface area contributed by atoms with Crippen LogP contribution < -0.4 is 15.6 Å². The predicted octanol–water partition coefficient (Wildman–Crippen LogP) is 10.0. The lowest BCUT2D eigenvalue weighted by atomic mass is 9.87. The average Bonchev–Trinajstić information content (AvgIpc) is 3.39. The summed E-state index contributed by atoms with van der Waals surface area (Å²) in [6, 6.07) is 56.8. The molecule has 0 atom stereocenters. The van der Waals surface area contributed by atoms with Crippen molar-refractivity contribution >= 4 is 45.4 Å². The van der Waals surface area contributed by atoms with E-state index in [-0.39, 0.29) is 10.5 Å². The van der Waals surface area contributed by atoms with E-state index in [1.54, 1.807) is 0 Å². The fourth-order valence-corrected chi connectivity index (χ4v) is 13.3. The van der Waals surface area contributed by atoms with Crippen molar-refractivity contribution in [1.29, 1.82) is 0 Å². The molecule has 0 radical (unpaired) electrons. The highest BCUT2D eigenvalue weighted by Crippen LogP contribution is 2.38. The van der Waals surface area contributed by atoms with Gasteiger partial charge in [0.05, 0.1) is 11.0 Å². The van der Waals surface area contributed by atoms with Gasteiger partial charge in [0.1, 0.15) is 0 Å². The molecule has 2 heteroatoms. The molecule has 0 amide bonds. The summed E-state index contributed by atoms with van der Waals surface area (Å²) >= 11 is 0. The number of benzene rings is 6. The van der Waals surface area contributed by atoms with E-state index in [2.05, 4.69) is 198 Å². The first-order valence-corrected chi connectivity index (χ1v) is 18.5. The Morgan fingerprint density at radius 3 is 1.59 bits per heavy atom. The maximum Gasteiger partial charge on any atom is 0.153 e. The first kappa shape index (κ1) is 30.0. The van der Waals surface area contributed by atoms with Gasteiger partial charge in [-0.05, 0) is 73.0 Å². The van der Waals surface area contributed by atoms with Gasteiger partial charge < -0.3 is 4.57 Å². The maximum absolute atomic E-state index is 2.43. The fraction of sp³-hybridized carbons (Fsp3) is 0.182. The normalized spacial score (nSPS) is 12.6. The molecule has 0 saturated heterocycles. The smallest absolute Gasteiger partial charge is 0.153 e. The first-order valence-electron chi connectivity index (χ1n) is 16.5. The summed E-state index contributed by atoms with van der Waals surface area (Å²) in [5.41, 5.74) is 7.60. The quantitative estimate of drug-likeness (QED) is 0.134. The average molecular weight is 614 g/mol. The van der Waals surface area contributed by atoms with Gasteiger partial charge in [0.25, 0.3) is 0 Å². The van der Waals surface area contributed by atoms with Crippen LogP contribution in [-0.2, 0) is 5.41 Å². The predicted molar refractivity (Wildman–Crippen MR) is 202 cm³/mol. The van der Waals surface area contributed by atoms with E-state index in [4.69, 9.17) is 0 Å². The molecule has 0 aliphatic carbocycles. The molecule has 0 unspecified atom stereocenters. The molecule has 1 nitrogen and oxygen atoms in total. The van der Waals surface area contributed by atoms with Gasteiger partial charge in [-0.3, -0.25) is 0 Å². The lowest BCUT2D eigenvalue weighted by Crippen LogP contribution is -2.72. The van der Waals surface area contributed by atoms with Gasteiger partial charge in [-0.15, -0.1) is 0 Å². The third-order valence-electron chi connectivity index (χ3n) is 9.83. The number of fused-ring (bicyclic) bond motifs is 3. The minimum atomic E-state index is -2.39. The van der Waals surface area contributed by atoms with E-state index in [1.165, 1.54) is 59.7 Å². The van der Waals surface area contributed by atoms with Gasteiger partial charge in [-0.1, -0.05) is 163 Å². The van der Waals surface area contributed by atoms with Crippen LogP contribution in [0.2, 0.25) is 5.04 Å². The van der Waals surface area contributed by atoms with Crippen molar-refractivity contribution in [3.8, 4) is 16.8 Å². The number of rotatable bonds is 5. The Morgan fingerprint density at radius 2 is 0.978 bits per heavy atom. The molecule has 0 bridgehead atoms. The van der Waals surface area contributed by atoms with Crippen LogP contribution in [0.4, 0.5) is 0 Å².